The fourth-order valence-electron chi connectivity index (χ4n) is 6.93. The smallest absolute Gasteiger partial charge is 0.0509 e. The van der Waals surface area contributed by atoms with Gasteiger partial charge in [0.2, 0.25) is 0 Å². The molecular formula is C35H41N3. The van der Waals surface area contributed by atoms with Gasteiger partial charge in [-0.25, -0.2) is 0 Å². The first-order valence-electron chi connectivity index (χ1n) is 14.2. The highest BCUT2D eigenvalue weighted by atomic mass is 15.1. The van der Waals surface area contributed by atoms with Crippen LogP contribution in [-0.2, 0) is 12.5 Å². The van der Waals surface area contributed by atoms with Crippen LogP contribution in [-0.4, -0.2) is 18.7 Å². The molecule has 0 saturated heterocycles. The van der Waals surface area contributed by atoms with E-state index in [0.29, 0.717) is 5.92 Å². The molecule has 1 aromatic heterocycles. The van der Waals surface area contributed by atoms with E-state index in [1.54, 1.807) is 5.57 Å². The Morgan fingerprint density at radius 3 is 2.42 bits per heavy atom. The molecular weight excluding hydrogens is 462 g/mol. The van der Waals surface area contributed by atoms with E-state index in [1.807, 2.05) is 0 Å². The molecule has 0 N–H and O–H groups in total. The quantitative estimate of drug-likeness (QED) is 0.275. The van der Waals surface area contributed by atoms with Crippen LogP contribution >= 0.6 is 0 Å². The molecule has 0 radical (unpaired) electrons. The van der Waals surface area contributed by atoms with Crippen molar-refractivity contribution in [2.45, 2.75) is 65.2 Å². The summed E-state index contributed by atoms with van der Waals surface area (Å²) < 4.78 is 2.40. The summed E-state index contributed by atoms with van der Waals surface area (Å²) >= 11 is 0. The molecule has 3 aromatic carbocycles. The molecule has 4 aromatic rings. The van der Waals surface area contributed by atoms with Gasteiger partial charge < -0.3 is 14.4 Å². The molecule has 0 saturated carbocycles. The van der Waals surface area contributed by atoms with E-state index in [-0.39, 0.29) is 5.41 Å². The van der Waals surface area contributed by atoms with E-state index >= 15 is 0 Å². The Hall–Kier alpha value is -3.46. The average molecular weight is 504 g/mol. The third-order valence-electron chi connectivity index (χ3n) is 9.55. The monoisotopic (exact) mass is 503 g/mol. The predicted octanol–water partition coefficient (Wildman–Crippen LogP) is 9.25. The lowest BCUT2D eigenvalue weighted by Gasteiger charge is -2.43. The van der Waals surface area contributed by atoms with Gasteiger partial charge in [0.05, 0.1) is 11.0 Å². The van der Waals surface area contributed by atoms with Crippen molar-refractivity contribution in [2.24, 2.45) is 7.05 Å². The fraction of sp³-hybridized carbons (Fsp3) is 0.371. The number of benzene rings is 3. The zero-order valence-corrected chi connectivity index (χ0v) is 24.3. The Bertz CT molecular complexity index is 1650. The standard InChI is InChI=1S/C35H41N3/c1-9-22(2)24-18-25-26-19-28-34(37(7)30-17-13-11-15-27(30)35(28,4)5)21-33(26)38(8)32(25)20-31(24)36(6)29-16-12-10-14-23(29)3/h10,12-14,16-22H,9,11,15H2,1-8H3. The van der Waals surface area contributed by atoms with Crippen molar-refractivity contribution in [1.82, 2.24) is 4.57 Å². The Morgan fingerprint density at radius 1 is 0.974 bits per heavy atom. The summed E-state index contributed by atoms with van der Waals surface area (Å²) in [6, 6.07) is 18.6. The van der Waals surface area contributed by atoms with Crippen LogP contribution in [0, 0.1) is 6.92 Å². The van der Waals surface area contributed by atoms with Crippen molar-refractivity contribution >= 4 is 38.9 Å². The summed E-state index contributed by atoms with van der Waals surface area (Å²) in [4.78, 5) is 4.81. The van der Waals surface area contributed by atoms with Crippen LogP contribution in [0.3, 0.4) is 0 Å². The Morgan fingerprint density at radius 2 is 1.68 bits per heavy atom. The molecule has 3 heteroatoms. The SMILES string of the molecule is CCC(C)c1cc2c3cc4c(cc3n(C)c2cc1N(C)c1ccccc1C)N(C)C1=C(CCC=C1)C4(C)C. The highest BCUT2D eigenvalue weighted by molar-refractivity contribution is 6.11. The molecule has 6 rings (SSSR count). The van der Waals surface area contributed by atoms with E-state index in [4.69, 9.17) is 0 Å². The van der Waals surface area contributed by atoms with Crippen LogP contribution in [0.1, 0.15) is 69.6 Å². The molecule has 0 bridgehead atoms. The summed E-state index contributed by atoms with van der Waals surface area (Å²) in [6.45, 7) is 11.7. The number of fused-ring (bicyclic) bond motifs is 4. The molecule has 2 aliphatic rings. The van der Waals surface area contributed by atoms with Gasteiger partial charge >= 0.3 is 0 Å². The second kappa shape index (κ2) is 8.80. The summed E-state index contributed by atoms with van der Waals surface area (Å²) in [5.74, 6) is 0.470. The molecule has 1 atom stereocenters. The molecule has 0 spiro atoms. The van der Waals surface area contributed by atoms with E-state index in [0.717, 1.165) is 19.3 Å². The number of allylic oxidation sites excluding steroid dienone is 3. The number of hydrogen-bond donors (Lipinski definition) is 0. The number of nitrogens with zero attached hydrogens (tertiary/aromatic N) is 3. The molecule has 1 aliphatic carbocycles. The van der Waals surface area contributed by atoms with Gasteiger partial charge in [0, 0.05) is 60.1 Å². The number of aryl methyl sites for hydroxylation is 2. The minimum Gasteiger partial charge on any atom is -0.344 e. The number of aromatic nitrogens is 1. The number of rotatable bonds is 4. The van der Waals surface area contributed by atoms with Crippen LogP contribution in [0.5, 0.6) is 0 Å². The number of likely N-dealkylation sites (N-methyl/N-ethyl adjacent to an activating group) is 1. The van der Waals surface area contributed by atoms with Gasteiger partial charge in [0.25, 0.3) is 0 Å². The first-order valence-corrected chi connectivity index (χ1v) is 14.2. The van der Waals surface area contributed by atoms with Crippen molar-refractivity contribution in [3.8, 4) is 0 Å². The van der Waals surface area contributed by atoms with Crippen molar-refractivity contribution < 1.29 is 0 Å². The first kappa shape index (κ1) is 24.9. The van der Waals surface area contributed by atoms with Crippen molar-refractivity contribution in [3.63, 3.8) is 0 Å². The lowest BCUT2D eigenvalue weighted by molar-refractivity contribution is 0.569. The first-order chi connectivity index (χ1) is 18.1. The topological polar surface area (TPSA) is 11.4 Å². The lowest BCUT2D eigenvalue weighted by Crippen LogP contribution is -2.35. The third-order valence-corrected chi connectivity index (χ3v) is 9.55. The van der Waals surface area contributed by atoms with Gasteiger partial charge in [-0.05, 0) is 90.8 Å². The summed E-state index contributed by atoms with van der Waals surface area (Å²) in [7, 11) is 6.69. The van der Waals surface area contributed by atoms with Gasteiger partial charge in [-0.3, -0.25) is 0 Å². The number of hydrogen-bond acceptors (Lipinski definition) is 2. The van der Waals surface area contributed by atoms with Gasteiger partial charge in [0.1, 0.15) is 0 Å². The zero-order chi connectivity index (χ0) is 26.9. The fourth-order valence-corrected chi connectivity index (χ4v) is 6.93. The van der Waals surface area contributed by atoms with E-state index in [9.17, 15) is 0 Å². The van der Waals surface area contributed by atoms with Gasteiger partial charge in [-0.2, -0.15) is 0 Å². The highest BCUT2D eigenvalue weighted by Gasteiger charge is 2.37. The molecule has 0 fully saturated rings. The van der Waals surface area contributed by atoms with Crippen molar-refractivity contribution in [2.75, 3.05) is 23.9 Å². The van der Waals surface area contributed by atoms with Gasteiger partial charge in [0.15, 0.2) is 0 Å². The minimum absolute atomic E-state index is 0.0167. The van der Waals surface area contributed by atoms with Crippen LogP contribution < -0.4 is 9.80 Å². The summed E-state index contributed by atoms with van der Waals surface area (Å²) in [5, 5.41) is 2.73. The molecule has 1 unspecified atom stereocenters. The molecule has 2 heterocycles. The molecule has 0 amide bonds. The maximum atomic E-state index is 2.51. The van der Waals surface area contributed by atoms with Crippen LogP contribution in [0.25, 0.3) is 21.8 Å². The van der Waals surface area contributed by atoms with E-state index in [1.165, 1.54) is 61.3 Å². The van der Waals surface area contributed by atoms with Gasteiger partial charge in [-0.1, -0.05) is 52.0 Å². The third kappa shape index (κ3) is 3.47. The Balaban J connectivity index is 1.62. The normalized spacial score (nSPS) is 17.2. The second-order valence-corrected chi connectivity index (χ2v) is 12.0. The Labute approximate surface area is 228 Å². The van der Waals surface area contributed by atoms with Crippen molar-refractivity contribution in [1.29, 1.82) is 0 Å². The van der Waals surface area contributed by atoms with Crippen LogP contribution in [0.15, 0.2) is 72.0 Å². The number of anilines is 3. The molecule has 1 aliphatic heterocycles. The highest BCUT2D eigenvalue weighted by Crippen LogP contribution is 2.50. The molecule has 3 nitrogen and oxygen atoms in total. The van der Waals surface area contributed by atoms with Crippen molar-refractivity contribution in [3.05, 3.63) is 88.6 Å². The van der Waals surface area contributed by atoms with Crippen LogP contribution in [0.4, 0.5) is 17.1 Å². The molecule has 38 heavy (non-hydrogen) atoms. The maximum Gasteiger partial charge on any atom is 0.0509 e. The van der Waals surface area contributed by atoms with Crippen LogP contribution in [0.2, 0.25) is 0 Å². The van der Waals surface area contributed by atoms with E-state index < -0.39 is 0 Å². The molecule has 196 valence electrons. The Kier molecular flexibility index (Phi) is 5.75. The summed E-state index contributed by atoms with van der Waals surface area (Å²) in [6.07, 6.45) is 8.05. The zero-order valence-electron chi connectivity index (χ0n) is 24.3. The largest absolute Gasteiger partial charge is 0.344 e. The minimum atomic E-state index is 0.0167. The summed E-state index contributed by atoms with van der Waals surface area (Å²) in [5.41, 5.74) is 13.6. The lowest BCUT2D eigenvalue weighted by atomic mass is 9.70. The maximum absolute atomic E-state index is 2.51. The van der Waals surface area contributed by atoms with E-state index in [2.05, 4.69) is 131 Å². The number of para-hydroxylation sites is 1. The second-order valence-electron chi connectivity index (χ2n) is 12.0. The van der Waals surface area contributed by atoms with Gasteiger partial charge in [-0.15, -0.1) is 0 Å². The predicted molar refractivity (Wildman–Crippen MR) is 165 cm³/mol. The average Bonchev–Trinajstić information content (AvgIpc) is 3.20.